The SMILES string of the molecule is CCNC(=NCCOC)N1CCC(c2cnn(C)c2)C1.I. The first kappa shape index (κ1) is 18.2. The van der Waals surface area contributed by atoms with E-state index in [1.165, 1.54) is 5.56 Å². The molecule has 0 amide bonds. The van der Waals surface area contributed by atoms with Gasteiger partial charge in [0, 0.05) is 45.9 Å². The number of nitrogens with one attached hydrogen (secondary N) is 1. The van der Waals surface area contributed by atoms with Crippen molar-refractivity contribution in [2.75, 3.05) is 39.9 Å². The Morgan fingerprint density at radius 1 is 1.57 bits per heavy atom. The second-order valence-corrected chi connectivity index (χ2v) is 5.11. The molecule has 21 heavy (non-hydrogen) atoms. The van der Waals surface area contributed by atoms with Gasteiger partial charge < -0.3 is 15.0 Å². The van der Waals surface area contributed by atoms with Gasteiger partial charge in [0.2, 0.25) is 0 Å². The number of aryl methyl sites for hydroxylation is 1. The first-order valence-electron chi connectivity index (χ1n) is 7.25. The van der Waals surface area contributed by atoms with Crippen molar-refractivity contribution in [1.82, 2.24) is 20.0 Å². The van der Waals surface area contributed by atoms with Crippen LogP contribution in [0.2, 0.25) is 0 Å². The Morgan fingerprint density at radius 3 is 3.00 bits per heavy atom. The summed E-state index contributed by atoms with van der Waals surface area (Å²) in [6.07, 6.45) is 5.24. The van der Waals surface area contributed by atoms with Crippen LogP contribution in [0.4, 0.5) is 0 Å². The van der Waals surface area contributed by atoms with Crippen LogP contribution < -0.4 is 5.32 Å². The summed E-state index contributed by atoms with van der Waals surface area (Å²) in [6.45, 7) is 6.39. The standard InChI is InChI=1S/C14H25N5O.HI/c1-4-15-14(16-6-8-20-3)19-7-5-12(11-19)13-9-17-18(2)10-13;/h9-10,12H,4-8,11H2,1-3H3,(H,15,16);1H. The van der Waals surface area contributed by atoms with Crippen LogP contribution in [0.1, 0.15) is 24.8 Å². The summed E-state index contributed by atoms with van der Waals surface area (Å²) in [5, 5.41) is 7.62. The van der Waals surface area contributed by atoms with Gasteiger partial charge in [0.1, 0.15) is 0 Å². The molecule has 1 aromatic heterocycles. The molecule has 0 aromatic carbocycles. The van der Waals surface area contributed by atoms with E-state index in [0.717, 1.165) is 32.0 Å². The van der Waals surface area contributed by atoms with Crippen LogP contribution in [0.3, 0.4) is 0 Å². The van der Waals surface area contributed by atoms with Crippen molar-refractivity contribution in [2.24, 2.45) is 12.0 Å². The summed E-state index contributed by atoms with van der Waals surface area (Å²) in [5.41, 5.74) is 1.32. The molecule has 1 aliphatic heterocycles. The third-order valence-corrected chi connectivity index (χ3v) is 3.58. The lowest BCUT2D eigenvalue weighted by atomic mass is 10.0. The number of hydrogen-bond donors (Lipinski definition) is 1. The highest BCUT2D eigenvalue weighted by molar-refractivity contribution is 14.0. The van der Waals surface area contributed by atoms with E-state index in [0.29, 0.717) is 19.1 Å². The molecule has 1 saturated heterocycles. The molecule has 1 atom stereocenters. The predicted octanol–water partition coefficient (Wildman–Crippen LogP) is 1.44. The third-order valence-electron chi connectivity index (χ3n) is 3.58. The van der Waals surface area contributed by atoms with Crippen molar-refractivity contribution in [3.8, 4) is 0 Å². The lowest BCUT2D eigenvalue weighted by molar-refractivity contribution is 0.207. The fourth-order valence-electron chi connectivity index (χ4n) is 2.54. The Morgan fingerprint density at radius 2 is 2.38 bits per heavy atom. The molecule has 0 spiro atoms. The molecule has 2 heterocycles. The number of aromatic nitrogens is 2. The topological polar surface area (TPSA) is 54.7 Å². The summed E-state index contributed by atoms with van der Waals surface area (Å²) in [5.74, 6) is 1.55. The van der Waals surface area contributed by atoms with Gasteiger partial charge in [-0.15, -0.1) is 24.0 Å². The van der Waals surface area contributed by atoms with Gasteiger partial charge >= 0.3 is 0 Å². The van der Waals surface area contributed by atoms with Gasteiger partial charge in [0.15, 0.2) is 5.96 Å². The van der Waals surface area contributed by atoms with Crippen LogP contribution in [0.5, 0.6) is 0 Å². The zero-order valence-corrected chi connectivity index (χ0v) is 15.4. The van der Waals surface area contributed by atoms with Crippen molar-refractivity contribution in [3.63, 3.8) is 0 Å². The highest BCUT2D eigenvalue weighted by atomic mass is 127. The van der Waals surface area contributed by atoms with Gasteiger partial charge in [-0.2, -0.15) is 5.10 Å². The molecule has 1 aromatic rings. The zero-order chi connectivity index (χ0) is 14.4. The van der Waals surface area contributed by atoms with Gasteiger partial charge in [0.05, 0.1) is 19.3 Å². The van der Waals surface area contributed by atoms with Crippen molar-refractivity contribution < 1.29 is 4.74 Å². The third kappa shape index (κ3) is 5.14. The summed E-state index contributed by atoms with van der Waals surface area (Å²) in [6, 6.07) is 0. The lowest BCUT2D eigenvalue weighted by Crippen LogP contribution is -2.40. The van der Waals surface area contributed by atoms with E-state index in [4.69, 9.17) is 4.74 Å². The maximum atomic E-state index is 5.06. The molecule has 0 bridgehead atoms. The fourth-order valence-corrected chi connectivity index (χ4v) is 2.54. The minimum atomic E-state index is 0. The molecule has 1 N–H and O–H groups in total. The van der Waals surface area contributed by atoms with E-state index in [2.05, 4.69) is 33.4 Å². The molecular weight excluding hydrogens is 381 g/mol. The van der Waals surface area contributed by atoms with Gasteiger partial charge in [-0.05, 0) is 18.9 Å². The van der Waals surface area contributed by atoms with Gasteiger partial charge in [-0.3, -0.25) is 9.67 Å². The maximum Gasteiger partial charge on any atom is 0.194 e. The first-order valence-corrected chi connectivity index (χ1v) is 7.25. The molecule has 7 heteroatoms. The summed E-state index contributed by atoms with van der Waals surface area (Å²) < 4.78 is 6.93. The van der Waals surface area contributed by atoms with Crippen LogP contribution in [-0.4, -0.2) is 60.5 Å². The second kappa shape index (κ2) is 9.24. The fraction of sp³-hybridized carbons (Fsp3) is 0.714. The molecule has 0 aliphatic carbocycles. The van der Waals surface area contributed by atoms with Crippen LogP contribution in [0, 0.1) is 0 Å². The van der Waals surface area contributed by atoms with Gasteiger partial charge in [-0.1, -0.05) is 0 Å². The smallest absolute Gasteiger partial charge is 0.194 e. The molecule has 1 aliphatic rings. The van der Waals surface area contributed by atoms with Crippen LogP contribution in [0.15, 0.2) is 17.4 Å². The Kier molecular flexibility index (Phi) is 8.02. The van der Waals surface area contributed by atoms with Crippen LogP contribution in [-0.2, 0) is 11.8 Å². The number of guanidine groups is 1. The largest absolute Gasteiger partial charge is 0.383 e. The number of likely N-dealkylation sites (tertiary alicyclic amines) is 1. The monoisotopic (exact) mass is 407 g/mol. The summed E-state index contributed by atoms with van der Waals surface area (Å²) >= 11 is 0. The molecular formula is C14H26IN5O. The van der Waals surface area contributed by atoms with Crippen molar-refractivity contribution in [3.05, 3.63) is 18.0 Å². The number of hydrogen-bond acceptors (Lipinski definition) is 3. The average molecular weight is 407 g/mol. The maximum absolute atomic E-state index is 5.06. The summed E-state index contributed by atoms with van der Waals surface area (Å²) in [4.78, 5) is 6.93. The Hall–Kier alpha value is -0.830. The molecule has 0 saturated carbocycles. The zero-order valence-electron chi connectivity index (χ0n) is 13.1. The predicted molar refractivity (Wildman–Crippen MR) is 95.4 cm³/mol. The number of rotatable bonds is 5. The summed E-state index contributed by atoms with van der Waals surface area (Å²) in [7, 11) is 3.67. The molecule has 120 valence electrons. The Balaban J connectivity index is 0.00000220. The minimum Gasteiger partial charge on any atom is -0.383 e. The number of halogens is 1. The quantitative estimate of drug-likeness (QED) is 0.348. The van der Waals surface area contributed by atoms with E-state index in [9.17, 15) is 0 Å². The van der Waals surface area contributed by atoms with E-state index < -0.39 is 0 Å². The van der Waals surface area contributed by atoms with Crippen LogP contribution in [0.25, 0.3) is 0 Å². The molecule has 0 radical (unpaired) electrons. The first-order chi connectivity index (χ1) is 9.74. The number of aliphatic imine (C=N–C) groups is 1. The van der Waals surface area contributed by atoms with E-state index in [1.54, 1.807) is 7.11 Å². The number of methoxy groups -OCH3 is 1. The molecule has 6 nitrogen and oxygen atoms in total. The van der Waals surface area contributed by atoms with Crippen molar-refractivity contribution in [1.29, 1.82) is 0 Å². The van der Waals surface area contributed by atoms with Crippen molar-refractivity contribution >= 4 is 29.9 Å². The second-order valence-electron chi connectivity index (χ2n) is 5.11. The average Bonchev–Trinajstić information content (AvgIpc) is 3.06. The minimum absolute atomic E-state index is 0. The highest BCUT2D eigenvalue weighted by Crippen LogP contribution is 2.26. The number of ether oxygens (including phenoxy) is 1. The highest BCUT2D eigenvalue weighted by Gasteiger charge is 2.26. The van der Waals surface area contributed by atoms with Crippen molar-refractivity contribution in [2.45, 2.75) is 19.3 Å². The number of nitrogens with zero attached hydrogens (tertiary/aromatic N) is 4. The molecule has 1 fully saturated rings. The van der Waals surface area contributed by atoms with E-state index in [-0.39, 0.29) is 24.0 Å². The molecule has 1 unspecified atom stereocenters. The van der Waals surface area contributed by atoms with Gasteiger partial charge in [0.25, 0.3) is 0 Å². The van der Waals surface area contributed by atoms with E-state index >= 15 is 0 Å². The lowest BCUT2D eigenvalue weighted by Gasteiger charge is -2.21. The van der Waals surface area contributed by atoms with E-state index in [1.807, 2.05) is 17.9 Å². The van der Waals surface area contributed by atoms with Crippen LogP contribution >= 0.6 is 24.0 Å². The molecule has 2 rings (SSSR count). The Bertz CT molecular complexity index is 448. The Labute approximate surface area is 144 Å². The van der Waals surface area contributed by atoms with Gasteiger partial charge in [-0.25, -0.2) is 0 Å². The normalized spacial score (nSPS) is 18.7.